The lowest BCUT2D eigenvalue weighted by Crippen LogP contribution is -2.20. The minimum absolute atomic E-state index is 0.0842. The monoisotopic (exact) mass is 270 g/mol. The van der Waals surface area contributed by atoms with Crippen molar-refractivity contribution in [2.45, 2.75) is 26.2 Å². The van der Waals surface area contributed by atoms with E-state index in [-0.39, 0.29) is 5.41 Å². The maximum Gasteiger partial charge on any atom is 0.138 e. The van der Waals surface area contributed by atoms with Crippen LogP contribution in [0.1, 0.15) is 26.6 Å². The molecule has 0 amide bonds. The van der Waals surface area contributed by atoms with Gasteiger partial charge in [0.1, 0.15) is 17.5 Å². The molecule has 0 aliphatic rings. The lowest BCUT2D eigenvalue weighted by Gasteiger charge is -2.23. The molecule has 2 aromatic rings. The van der Waals surface area contributed by atoms with Gasteiger partial charge in [0.05, 0.1) is 0 Å². The zero-order chi connectivity index (χ0) is 14.8. The van der Waals surface area contributed by atoms with Crippen LogP contribution in [0.3, 0.4) is 0 Å². The molecule has 4 heteroatoms. The SMILES string of the molecule is CNc1cc(N(C)c2ccccc2)nc(C(C)(C)C)n1. The summed E-state index contributed by atoms with van der Waals surface area (Å²) in [5.74, 6) is 2.56. The molecule has 20 heavy (non-hydrogen) atoms. The fourth-order valence-corrected chi connectivity index (χ4v) is 1.85. The first-order chi connectivity index (χ1) is 9.41. The van der Waals surface area contributed by atoms with Gasteiger partial charge in [-0.15, -0.1) is 0 Å². The molecular weight excluding hydrogens is 248 g/mol. The normalized spacial score (nSPS) is 11.2. The van der Waals surface area contributed by atoms with Crippen molar-refractivity contribution in [2.75, 3.05) is 24.3 Å². The molecule has 1 aromatic heterocycles. The molecule has 0 radical (unpaired) electrons. The Hall–Kier alpha value is -2.10. The van der Waals surface area contributed by atoms with Gasteiger partial charge in [-0.3, -0.25) is 0 Å². The lowest BCUT2D eigenvalue weighted by atomic mass is 9.96. The van der Waals surface area contributed by atoms with Crippen LogP contribution in [0.4, 0.5) is 17.3 Å². The van der Waals surface area contributed by atoms with Crippen LogP contribution in [0.5, 0.6) is 0 Å². The zero-order valence-corrected chi connectivity index (χ0v) is 12.8. The van der Waals surface area contributed by atoms with E-state index in [9.17, 15) is 0 Å². The van der Waals surface area contributed by atoms with E-state index >= 15 is 0 Å². The van der Waals surface area contributed by atoms with Crippen LogP contribution in [0.15, 0.2) is 36.4 Å². The minimum atomic E-state index is -0.0842. The Bertz CT molecular complexity index is 573. The molecule has 2 rings (SSSR count). The van der Waals surface area contributed by atoms with E-state index < -0.39 is 0 Å². The molecule has 0 spiro atoms. The van der Waals surface area contributed by atoms with Gasteiger partial charge in [-0.25, -0.2) is 9.97 Å². The van der Waals surface area contributed by atoms with Crippen molar-refractivity contribution < 1.29 is 0 Å². The summed E-state index contributed by atoms with van der Waals surface area (Å²) in [5, 5.41) is 3.11. The van der Waals surface area contributed by atoms with Crippen molar-refractivity contribution in [1.29, 1.82) is 0 Å². The highest BCUT2D eigenvalue weighted by Crippen LogP contribution is 2.27. The second-order valence-electron chi connectivity index (χ2n) is 5.83. The van der Waals surface area contributed by atoms with E-state index in [0.717, 1.165) is 23.1 Å². The molecule has 106 valence electrons. The lowest BCUT2D eigenvalue weighted by molar-refractivity contribution is 0.546. The molecule has 0 atom stereocenters. The van der Waals surface area contributed by atoms with Gasteiger partial charge in [-0.05, 0) is 12.1 Å². The van der Waals surface area contributed by atoms with Gasteiger partial charge < -0.3 is 10.2 Å². The summed E-state index contributed by atoms with van der Waals surface area (Å²) in [6.07, 6.45) is 0. The first-order valence-electron chi connectivity index (χ1n) is 6.78. The topological polar surface area (TPSA) is 41.0 Å². The fraction of sp³-hybridized carbons (Fsp3) is 0.375. The smallest absolute Gasteiger partial charge is 0.138 e. The predicted molar refractivity (Wildman–Crippen MR) is 84.8 cm³/mol. The van der Waals surface area contributed by atoms with E-state index in [2.05, 4.69) is 48.1 Å². The van der Waals surface area contributed by atoms with E-state index in [1.807, 2.05) is 38.4 Å². The third-order valence-corrected chi connectivity index (χ3v) is 3.13. The number of nitrogens with one attached hydrogen (secondary N) is 1. The number of hydrogen-bond donors (Lipinski definition) is 1. The predicted octanol–water partition coefficient (Wildman–Crippen LogP) is 3.58. The summed E-state index contributed by atoms with van der Waals surface area (Å²) in [6.45, 7) is 6.36. The fourth-order valence-electron chi connectivity index (χ4n) is 1.85. The largest absolute Gasteiger partial charge is 0.373 e. The van der Waals surface area contributed by atoms with Crippen molar-refractivity contribution in [3.63, 3.8) is 0 Å². The van der Waals surface area contributed by atoms with Crippen LogP contribution in [-0.2, 0) is 5.41 Å². The van der Waals surface area contributed by atoms with Gasteiger partial charge in [-0.2, -0.15) is 0 Å². The molecule has 0 saturated heterocycles. The van der Waals surface area contributed by atoms with Crippen LogP contribution in [0, 0.1) is 0 Å². The molecule has 0 unspecified atom stereocenters. The quantitative estimate of drug-likeness (QED) is 0.925. The number of benzene rings is 1. The minimum Gasteiger partial charge on any atom is -0.373 e. The van der Waals surface area contributed by atoms with Crippen LogP contribution in [-0.4, -0.2) is 24.1 Å². The van der Waals surface area contributed by atoms with Crippen molar-refractivity contribution in [2.24, 2.45) is 0 Å². The maximum atomic E-state index is 4.70. The average molecular weight is 270 g/mol. The van der Waals surface area contributed by atoms with Crippen LogP contribution < -0.4 is 10.2 Å². The Labute approximate surface area is 120 Å². The van der Waals surface area contributed by atoms with Gasteiger partial charge in [0.15, 0.2) is 0 Å². The molecule has 0 saturated carbocycles. The summed E-state index contributed by atoms with van der Waals surface area (Å²) < 4.78 is 0. The third kappa shape index (κ3) is 3.07. The Kier molecular flexibility index (Phi) is 3.93. The summed E-state index contributed by atoms with van der Waals surface area (Å²) in [5.41, 5.74) is 1.02. The van der Waals surface area contributed by atoms with Crippen molar-refractivity contribution in [3.05, 3.63) is 42.2 Å². The molecule has 1 heterocycles. The number of rotatable bonds is 3. The van der Waals surface area contributed by atoms with Crippen molar-refractivity contribution in [1.82, 2.24) is 9.97 Å². The van der Waals surface area contributed by atoms with Crippen molar-refractivity contribution in [3.8, 4) is 0 Å². The van der Waals surface area contributed by atoms with E-state index in [1.54, 1.807) is 0 Å². The van der Waals surface area contributed by atoms with Crippen LogP contribution in [0.25, 0.3) is 0 Å². The highest BCUT2D eigenvalue weighted by atomic mass is 15.2. The summed E-state index contributed by atoms with van der Waals surface area (Å²) in [4.78, 5) is 11.3. The third-order valence-electron chi connectivity index (χ3n) is 3.13. The van der Waals surface area contributed by atoms with Gasteiger partial charge in [0, 0.05) is 31.3 Å². The molecule has 1 aromatic carbocycles. The van der Waals surface area contributed by atoms with Crippen LogP contribution in [0.2, 0.25) is 0 Å². The highest BCUT2D eigenvalue weighted by molar-refractivity contribution is 5.61. The summed E-state index contributed by atoms with van der Waals surface area (Å²) >= 11 is 0. The standard InChI is InChI=1S/C16H22N4/c1-16(2,3)15-18-13(17-4)11-14(19-15)20(5)12-9-7-6-8-10-12/h6-11H,1-5H3,(H,17,18,19). The molecule has 1 N–H and O–H groups in total. The Morgan fingerprint density at radius 1 is 1.05 bits per heavy atom. The van der Waals surface area contributed by atoms with E-state index in [0.29, 0.717) is 0 Å². The zero-order valence-electron chi connectivity index (χ0n) is 12.8. The molecule has 0 bridgehead atoms. The van der Waals surface area contributed by atoms with Gasteiger partial charge in [0.2, 0.25) is 0 Å². The Balaban J connectivity index is 2.46. The second-order valence-corrected chi connectivity index (χ2v) is 5.83. The van der Waals surface area contributed by atoms with Gasteiger partial charge in [0.25, 0.3) is 0 Å². The second kappa shape index (κ2) is 5.49. The number of anilines is 3. The summed E-state index contributed by atoms with van der Waals surface area (Å²) in [7, 11) is 3.89. The van der Waals surface area contributed by atoms with E-state index in [1.165, 1.54) is 0 Å². The highest BCUT2D eigenvalue weighted by Gasteiger charge is 2.20. The maximum absolute atomic E-state index is 4.70. The van der Waals surface area contributed by atoms with Crippen molar-refractivity contribution >= 4 is 17.3 Å². The van der Waals surface area contributed by atoms with E-state index in [4.69, 9.17) is 4.98 Å². The van der Waals surface area contributed by atoms with Crippen LogP contribution >= 0.6 is 0 Å². The number of para-hydroxylation sites is 1. The Morgan fingerprint density at radius 2 is 1.70 bits per heavy atom. The molecule has 0 fully saturated rings. The van der Waals surface area contributed by atoms with Gasteiger partial charge in [-0.1, -0.05) is 39.0 Å². The number of aromatic nitrogens is 2. The van der Waals surface area contributed by atoms with Gasteiger partial charge >= 0.3 is 0 Å². The molecular formula is C16H22N4. The first kappa shape index (κ1) is 14.3. The average Bonchev–Trinajstić information content (AvgIpc) is 2.46. The Morgan fingerprint density at radius 3 is 2.25 bits per heavy atom. The number of hydrogen-bond acceptors (Lipinski definition) is 4. The molecule has 4 nitrogen and oxygen atoms in total. The summed E-state index contributed by atoms with van der Waals surface area (Å²) in [6, 6.07) is 12.2. The first-order valence-corrected chi connectivity index (χ1v) is 6.78. The molecule has 0 aliphatic carbocycles. The number of nitrogens with zero attached hydrogens (tertiary/aromatic N) is 3. The molecule has 0 aliphatic heterocycles.